The average Bonchev–Trinajstić information content (AvgIpc) is 2.94. The molecule has 1 aliphatic heterocycles. The van der Waals surface area contributed by atoms with Crippen LogP contribution < -0.4 is 5.32 Å². The van der Waals surface area contributed by atoms with Gasteiger partial charge in [-0.3, -0.25) is 20.5 Å². The smallest absolute Gasteiger partial charge is 0.259 e. The molecule has 2 N–H and O–H groups in total. The summed E-state index contributed by atoms with van der Waals surface area (Å²) >= 11 is 0. The van der Waals surface area contributed by atoms with Crippen LogP contribution in [0.1, 0.15) is 80.4 Å². The minimum atomic E-state index is -0.892. The Morgan fingerprint density at radius 2 is 1.77 bits per heavy atom. The van der Waals surface area contributed by atoms with E-state index in [4.69, 9.17) is 10.1 Å². The van der Waals surface area contributed by atoms with Crippen LogP contribution in [0.25, 0.3) is 0 Å². The van der Waals surface area contributed by atoms with Gasteiger partial charge in [-0.2, -0.15) is 0 Å². The average molecular weight is 554 g/mol. The van der Waals surface area contributed by atoms with Gasteiger partial charge in [-0.15, -0.1) is 0 Å². The topological polar surface area (TPSA) is 81.0 Å². The number of rotatable bonds is 13. The van der Waals surface area contributed by atoms with Crippen molar-refractivity contribution in [3.05, 3.63) is 82.2 Å². The molecule has 1 heterocycles. The molecule has 0 bridgehead atoms. The van der Waals surface area contributed by atoms with Gasteiger partial charge in [0.15, 0.2) is 6.23 Å². The van der Waals surface area contributed by atoms with Gasteiger partial charge in [-0.1, -0.05) is 51.3 Å². The van der Waals surface area contributed by atoms with Crippen LogP contribution in [0.5, 0.6) is 0 Å². The molecule has 2 atom stereocenters. The molecule has 1 amide bonds. The molecule has 0 radical (unpaired) electrons. The van der Waals surface area contributed by atoms with Gasteiger partial charge >= 0.3 is 0 Å². The Morgan fingerprint density at radius 3 is 2.38 bits per heavy atom. The van der Waals surface area contributed by atoms with Crippen LogP contribution in [0.2, 0.25) is 0 Å². The van der Waals surface area contributed by atoms with Gasteiger partial charge in [0.05, 0.1) is 17.4 Å². The van der Waals surface area contributed by atoms with Gasteiger partial charge in [0.2, 0.25) is 5.90 Å². The maximum Gasteiger partial charge on any atom is 0.259 e. The monoisotopic (exact) mass is 553 g/mol. The summed E-state index contributed by atoms with van der Waals surface area (Å²) in [6.07, 6.45) is 5.48. The number of nitrogens with one attached hydrogen (secondary N) is 2. The molecule has 2 aromatic carbocycles. The molecule has 0 aromatic heterocycles. The van der Waals surface area contributed by atoms with Crippen LogP contribution in [0.4, 0.5) is 8.78 Å². The van der Waals surface area contributed by atoms with Crippen LogP contribution in [0, 0.1) is 17.0 Å². The van der Waals surface area contributed by atoms with Crippen molar-refractivity contribution in [3.63, 3.8) is 0 Å². The molecule has 40 heavy (non-hydrogen) atoms. The number of carbonyl (C=O) groups excluding carboxylic acids is 1. The molecule has 0 saturated carbocycles. The maximum atomic E-state index is 15.4. The SMILES string of the molecule is CCCCCCN(CCC)C(=O)c1c(F)cc(C2C=NC(C)=C(C(NC)OC(=N)c3ccccc3)N2C)cc1F. The molecule has 3 rings (SSSR count). The van der Waals surface area contributed by atoms with E-state index in [9.17, 15) is 4.79 Å². The number of ether oxygens (including phenoxy) is 1. The van der Waals surface area contributed by atoms with Crippen molar-refractivity contribution in [1.82, 2.24) is 15.1 Å². The van der Waals surface area contributed by atoms with Crippen LogP contribution in [0.3, 0.4) is 0 Å². The van der Waals surface area contributed by atoms with Gasteiger partial charge in [0.1, 0.15) is 17.2 Å². The molecule has 0 saturated heterocycles. The van der Waals surface area contributed by atoms with Gasteiger partial charge in [0.25, 0.3) is 5.91 Å². The lowest BCUT2D eigenvalue weighted by molar-refractivity contribution is 0.0742. The fraction of sp³-hybridized carbons (Fsp3) is 0.452. The first kappa shape index (κ1) is 30.9. The highest BCUT2D eigenvalue weighted by Gasteiger charge is 2.32. The summed E-state index contributed by atoms with van der Waals surface area (Å²) in [4.78, 5) is 21.0. The Hall–Kier alpha value is -3.59. The van der Waals surface area contributed by atoms with Gasteiger partial charge in [-0.05, 0) is 56.6 Å². The number of amides is 1. The van der Waals surface area contributed by atoms with Crippen molar-refractivity contribution in [2.45, 2.75) is 65.1 Å². The molecule has 2 unspecified atom stereocenters. The first-order valence-corrected chi connectivity index (χ1v) is 14.0. The van der Waals surface area contributed by atoms with E-state index >= 15 is 8.78 Å². The largest absolute Gasteiger partial charge is 0.453 e. The van der Waals surface area contributed by atoms with Crippen molar-refractivity contribution in [2.24, 2.45) is 4.99 Å². The van der Waals surface area contributed by atoms with Crippen molar-refractivity contribution in [1.29, 1.82) is 5.41 Å². The number of carbonyl (C=O) groups is 1. The summed E-state index contributed by atoms with van der Waals surface area (Å²) in [6.45, 7) is 6.78. The molecule has 0 aliphatic carbocycles. The number of benzene rings is 2. The molecule has 2 aromatic rings. The number of hydrogen-bond acceptors (Lipinski definition) is 6. The summed E-state index contributed by atoms with van der Waals surface area (Å²) in [6, 6.07) is 10.9. The minimum Gasteiger partial charge on any atom is -0.453 e. The highest BCUT2D eigenvalue weighted by Crippen LogP contribution is 2.32. The first-order valence-electron chi connectivity index (χ1n) is 14.0. The number of aliphatic imine (C=N–C) groups is 1. The van der Waals surface area contributed by atoms with E-state index in [1.807, 2.05) is 36.9 Å². The Bertz CT molecular complexity index is 1210. The van der Waals surface area contributed by atoms with Crippen molar-refractivity contribution in [2.75, 3.05) is 27.2 Å². The van der Waals surface area contributed by atoms with E-state index in [0.717, 1.165) is 25.7 Å². The fourth-order valence-corrected chi connectivity index (χ4v) is 4.91. The molecule has 0 spiro atoms. The first-order chi connectivity index (χ1) is 19.2. The fourth-order valence-electron chi connectivity index (χ4n) is 4.91. The third kappa shape index (κ3) is 7.33. The highest BCUT2D eigenvalue weighted by molar-refractivity contribution is 5.95. The molecule has 9 heteroatoms. The van der Waals surface area contributed by atoms with Crippen LogP contribution >= 0.6 is 0 Å². The molecule has 1 aliphatic rings. The lowest BCUT2D eigenvalue weighted by Crippen LogP contribution is -2.42. The zero-order valence-electron chi connectivity index (χ0n) is 24.1. The maximum absolute atomic E-state index is 15.4. The summed E-state index contributed by atoms with van der Waals surface area (Å²) in [5.74, 6) is -2.43. The van der Waals surface area contributed by atoms with Gasteiger partial charge in [0, 0.05) is 31.9 Å². The van der Waals surface area contributed by atoms with E-state index in [1.54, 1.807) is 37.3 Å². The quantitative estimate of drug-likeness (QED) is 0.133. The Kier molecular flexibility index (Phi) is 11.4. The van der Waals surface area contributed by atoms with Crippen molar-refractivity contribution < 1.29 is 18.3 Å². The number of allylic oxidation sites excluding steroid dienone is 1. The number of nitrogens with zero attached hydrogens (tertiary/aromatic N) is 3. The third-order valence-corrected chi connectivity index (χ3v) is 7.04. The lowest BCUT2D eigenvalue weighted by atomic mass is 10.00. The Labute approximate surface area is 236 Å². The summed E-state index contributed by atoms with van der Waals surface area (Å²) in [5, 5.41) is 11.5. The molecule has 216 valence electrons. The minimum absolute atomic E-state index is 0.0222. The number of hydrogen-bond donors (Lipinski definition) is 2. The van der Waals surface area contributed by atoms with Crippen molar-refractivity contribution in [3.8, 4) is 0 Å². The predicted molar refractivity (Wildman–Crippen MR) is 156 cm³/mol. The highest BCUT2D eigenvalue weighted by atomic mass is 19.1. The second-order valence-electron chi connectivity index (χ2n) is 10.00. The summed E-state index contributed by atoms with van der Waals surface area (Å²) in [5.41, 5.74) is 1.68. The van der Waals surface area contributed by atoms with E-state index < -0.39 is 35.4 Å². The lowest BCUT2D eigenvalue weighted by Gasteiger charge is -2.37. The number of unbranched alkanes of at least 4 members (excludes halogenated alkanes) is 3. The van der Waals surface area contributed by atoms with Crippen LogP contribution in [-0.2, 0) is 4.74 Å². The number of halogens is 2. The van der Waals surface area contributed by atoms with E-state index in [2.05, 4.69) is 17.2 Å². The van der Waals surface area contributed by atoms with Crippen LogP contribution in [0.15, 0.2) is 58.9 Å². The van der Waals surface area contributed by atoms with Crippen molar-refractivity contribution >= 4 is 18.0 Å². The zero-order valence-corrected chi connectivity index (χ0v) is 24.1. The normalized spacial score (nSPS) is 15.8. The Balaban J connectivity index is 1.84. The zero-order chi connectivity index (χ0) is 29.2. The van der Waals surface area contributed by atoms with Gasteiger partial charge in [-0.25, -0.2) is 8.78 Å². The second-order valence-corrected chi connectivity index (χ2v) is 10.00. The second kappa shape index (κ2) is 14.7. The summed E-state index contributed by atoms with van der Waals surface area (Å²) in [7, 11) is 3.48. The van der Waals surface area contributed by atoms with Gasteiger partial charge < -0.3 is 14.5 Å². The molecule has 7 nitrogen and oxygen atoms in total. The Morgan fingerprint density at radius 1 is 1.10 bits per heavy atom. The third-order valence-electron chi connectivity index (χ3n) is 7.04. The standard InChI is InChI=1S/C31H41F2N5O2/c1-6-8-9-13-17-38(16-7-2)31(39)27-24(32)18-23(19-25(27)33)26-20-36-21(3)28(37(26)5)30(35-4)40-29(34)22-14-11-10-12-15-22/h10-12,14-15,18-20,26,30,34-35H,6-9,13,16-17H2,1-5H3. The molecule has 0 fully saturated rings. The molecular weight excluding hydrogens is 512 g/mol. The van der Waals surface area contributed by atoms with E-state index in [1.165, 1.54) is 12.1 Å². The summed E-state index contributed by atoms with van der Waals surface area (Å²) < 4.78 is 36.8. The molecular formula is C31H41F2N5O2. The van der Waals surface area contributed by atoms with Crippen LogP contribution in [-0.4, -0.2) is 61.2 Å². The predicted octanol–water partition coefficient (Wildman–Crippen LogP) is 6.27. The van der Waals surface area contributed by atoms with E-state index in [-0.39, 0.29) is 5.90 Å². The number of likely N-dealkylation sites (N-methyl/N-ethyl adjacent to an activating group) is 2. The van der Waals surface area contributed by atoms with E-state index in [0.29, 0.717) is 42.0 Å².